The van der Waals surface area contributed by atoms with Crippen LogP contribution < -0.4 is 9.47 Å². The number of ketones is 1. The molecule has 1 atom stereocenters. The van der Waals surface area contributed by atoms with Crippen LogP contribution in [0.5, 0.6) is 11.5 Å². The molecule has 1 unspecified atom stereocenters. The molecule has 6 heteroatoms. The predicted octanol–water partition coefficient (Wildman–Crippen LogP) is 5.50. The Morgan fingerprint density at radius 2 is 1.69 bits per heavy atom. The fourth-order valence-corrected chi connectivity index (χ4v) is 4.20. The first-order valence-electron chi connectivity index (χ1n) is 11.7. The van der Waals surface area contributed by atoms with Crippen LogP contribution in [-0.4, -0.2) is 35.4 Å². The molecule has 1 heterocycles. The minimum absolute atomic E-state index is 0.0462. The normalized spacial score (nSPS) is 17.0. The van der Waals surface area contributed by atoms with Crippen LogP contribution >= 0.6 is 0 Å². The quantitative estimate of drug-likeness (QED) is 0.193. The van der Waals surface area contributed by atoms with E-state index in [0.717, 1.165) is 18.4 Å². The summed E-state index contributed by atoms with van der Waals surface area (Å²) in [7, 11) is 1.56. The summed E-state index contributed by atoms with van der Waals surface area (Å²) in [6.45, 7) is 2.87. The molecular weight excluding hydrogens is 442 g/mol. The van der Waals surface area contributed by atoms with Crippen molar-refractivity contribution in [3.8, 4) is 11.5 Å². The average Bonchev–Trinajstić information content (AvgIpc) is 3.14. The van der Waals surface area contributed by atoms with Gasteiger partial charge in [0.1, 0.15) is 17.3 Å². The molecule has 3 aromatic carbocycles. The summed E-state index contributed by atoms with van der Waals surface area (Å²) in [5, 5.41) is 11.3. The Morgan fingerprint density at radius 3 is 2.43 bits per heavy atom. The lowest BCUT2D eigenvalue weighted by Gasteiger charge is -2.25. The molecule has 4 rings (SSSR count). The van der Waals surface area contributed by atoms with Crippen LogP contribution in [0.1, 0.15) is 42.5 Å². The van der Waals surface area contributed by atoms with Gasteiger partial charge >= 0.3 is 0 Å². The van der Waals surface area contributed by atoms with Gasteiger partial charge in [0.05, 0.1) is 25.3 Å². The molecule has 1 amide bonds. The largest absolute Gasteiger partial charge is 0.507 e. The molecule has 3 aromatic rings. The van der Waals surface area contributed by atoms with E-state index in [0.29, 0.717) is 29.2 Å². The third kappa shape index (κ3) is 5.22. The number of ether oxygens (including phenoxy) is 2. The van der Waals surface area contributed by atoms with E-state index in [1.54, 1.807) is 49.6 Å². The van der Waals surface area contributed by atoms with Gasteiger partial charge in [0.2, 0.25) is 0 Å². The lowest BCUT2D eigenvalue weighted by molar-refractivity contribution is -0.140. The summed E-state index contributed by atoms with van der Waals surface area (Å²) in [6, 6.07) is 22.9. The molecule has 1 N–H and O–H groups in total. The van der Waals surface area contributed by atoms with Gasteiger partial charge in [0, 0.05) is 12.1 Å². The number of methoxy groups -OCH3 is 1. The van der Waals surface area contributed by atoms with E-state index >= 15 is 0 Å². The highest BCUT2D eigenvalue weighted by Gasteiger charge is 2.46. The number of Topliss-reactive ketones (excluding diaryl/α,β-unsaturated/α-hetero) is 1. The first-order valence-corrected chi connectivity index (χ1v) is 11.7. The number of carbonyl (C=O) groups excluding carboxylic acids is 2. The van der Waals surface area contributed by atoms with Crippen LogP contribution in [0.2, 0.25) is 0 Å². The van der Waals surface area contributed by atoms with Crippen molar-refractivity contribution in [3.05, 3.63) is 101 Å². The van der Waals surface area contributed by atoms with E-state index in [-0.39, 0.29) is 17.9 Å². The van der Waals surface area contributed by atoms with Gasteiger partial charge in [-0.1, -0.05) is 67.9 Å². The van der Waals surface area contributed by atoms with Gasteiger partial charge in [-0.15, -0.1) is 0 Å². The number of hydrogen-bond donors (Lipinski definition) is 1. The molecule has 0 radical (unpaired) electrons. The minimum atomic E-state index is -0.769. The Kier molecular flexibility index (Phi) is 7.51. The maximum atomic E-state index is 13.3. The number of hydrogen-bond acceptors (Lipinski definition) is 5. The number of aliphatic hydroxyl groups excluding tert-OH is 1. The fourth-order valence-electron chi connectivity index (χ4n) is 4.20. The van der Waals surface area contributed by atoms with Crippen molar-refractivity contribution in [2.24, 2.45) is 0 Å². The average molecular weight is 472 g/mol. The Hall–Kier alpha value is -4.06. The van der Waals surface area contributed by atoms with Crippen LogP contribution in [-0.2, 0) is 16.1 Å². The molecule has 0 bridgehead atoms. The SMILES string of the molecule is CCCCOc1cccc(C(O)=C2C(=O)C(=O)N(Cc3ccccc3)C2c2cccc(OC)c2)c1. The Bertz CT molecular complexity index is 1230. The topological polar surface area (TPSA) is 76.1 Å². The highest BCUT2D eigenvalue weighted by atomic mass is 16.5. The molecule has 1 aliphatic rings. The van der Waals surface area contributed by atoms with Crippen LogP contribution in [0.25, 0.3) is 5.76 Å². The van der Waals surface area contributed by atoms with Gasteiger partial charge in [-0.05, 0) is 41.8 Å². The van der Waals surface area contributed by atoms with Crippen LogP contribution in [0, 0.1) is 0 Å². The van der Waals surface area contributed by atoms with E-state index in [1.807, 2.05) is 36.4 Å². The smallest absolute Gasteiger partial charge is 0.295 e. The lowest BCUT2D eigenvalue weighted by Crippen LogP contribution is -2.29. The summed E-state index contributed by atoms with van der Waals surface area (Å²) in [5.41, 5.74) is 2.03. The summed E-state index contributed by atoms with van der Waals surface area (Å²) >= 11 is 0. The molecule has 180 valence electrons. The standard InChI is InChI=1S/C29H29NO5/c1-3-4-16-35-24-15-9-13-22(18-24)27(31)25-26(21-12-8-14-23(17-21)34-2)30(29(33)28(25)32)19-20-10-6-5-7-11-20/h5-15,17-18,26,31H,3-4,16,19H2,1-2H3. The maximum Gasteiger partial charge on any atom is 0.295 e. The summed E-state index contributed by atoms with van der Waals surface area (Å²) < 4.78 is 11.2. The molecule has 1 aliphatic heterocycles. The Labute approximate surface area is 205 Å². The van der Waals surface area contributed by atoms with Crippen molar-refractivity contribution in [1.29, 1.82) is 0 Å². The highest BCUT2D eigenvalue weighted by Crippen LogP contribution is 2.41. The lowest BCUT2D eigenvalue weighted by atomic mass is 9.95. The van der Waals surface area contributed by atoms with Crippen LogP contribution in [0.15, 0.2) is 84.4 Å². The van der Waals surface area contributed by atoms with Crippen molar-refractivity contribution in [3.63, 3.8) is 0 Å². The number of aliphatic hydroxyl groups is 1. The number of unbranched alkanes of at least 4 members (excludes halogenated alkanes) is 1. The van der Waals surface area contributed by atoms with E-state index in [4.69, 9.17) is 9.47 Å². The van der Waals surface area contributed by atoms with Crippen molar-refractivity contribution in [2.75, 3.05) is 13.7 Å². The Balaban J connectivity index is 1.80. The van der Waals surface area contributed by atoms with Crippen molar-refractivity contribution < 1.29 is 24.2 Å². The van der Waals surface area contributed by atoms with Crippen molar-refractivity contribution >= 4 is 17.4 Å². The fraction of sp³-hybridized carbons (Fsp3) is 0.241. The molecule has 35 heavy (non-hydrogen) atoms. The molecule has 0 aliphatic carbocycles. The number of nitrogens with zero attached hydrogens (tertiary/aromatic N) is 1. The third-order valence-corrected chi connectivity index (χ3v) is 6.02. The minimum Gasteiger partial charge on any atom is -0.507 e. The van der Waals surface area contributed by atoms with Gasteiger partial charge in [0.15, 0.2) is 0 Å². The van der Waals surface area contributed by atoms with Gasteiger partial charge in [-0.3, -0.25) is 9.59 Å². The monoisotopic (exact) mass is 471 g/mol. The first-order chi connectivity index (χ1) is 17.0. The molecule has 1 fully saturated rings. The molecule has 0 spiro atoms. The van der Waals surface area contributed by atoms with Gasteiger partial charge < -0.3 is 19.5 Å². The third-order valence-electron chi connectivity index (χ3n) is 6.02. The van der Waals surface area contributed by atoms with E-state index in [1.165, 1.54) is 4.90 Å². The molecule has 1 saturated heterocycles. The van der Waals surface area contributed by atoms with Gasteiger partial charge in [0.25, 0.3) is 11.7 Å². The maximum absolute atomic E-state index is 13.3. The van der Waals surface area contributed by atoms with Gasteiger partial charge in [-0.25, -0.2) is 0 Å². The molecule has 6 nitrogen and oxygen atoms in total. The zero-order valence-corrected chi connectivity index (χ0v) is 19.9. The predicted molar refractivity (Wildman–Crippen MR) is 134 cm³/mol. The molecule has 0 aromatic heterocycles. The van der Waals surface area contributed by atoms with E-state index < -0.39 is 17.7 Å². The summed E-state index contributed by atoms with van der Waals surface area (Å²) in [4.78, 5) is 28.0. The second kappa shape index (κ2) is 10.9. The molecule has 0 saturated carbocycles. The van der Waals surface area contributed by atoms with E-state index in [9.17, 15) is 14.7 Å². The van der Waals surface area contributed by atoms with Crippen molar-refractivity contribution in [2.45, 2.75) is 32.4 Å². The van der Waals surface area contributed by atoms with Crippen molar-refractivity contribution in [1.82, 2.24) is 4.90 Å². The number of rotatable bonds is 9. The zero-order valence-electron chi connectivity index (χ0n) is 19.9. The second-order valence-electron chi connectivity index (χ2n) is 8.42. The summed E-state index contributed by atoms with van der Waals surface area (Å²) in [5.74, 6) is -0.409. The van der Waals surface area contributed by atoms with E-state index in [2.05, 4.69) is 6.92 Å². The second-order valence-corrected chi connectivity index (χ2v) is 8.42. The number of likely N-dealkylation sites (tertiary alicyclic amines) is 1. The number of benzene rings is 3. The zero-order chi connectivity index (χ0) is 24.8. The number of amides is 1. The Morgan fingerprint density at radius 1 is 0.943 bits per heavy atom. The highest BCUT2D eigenvalue weighted by molar-refractivity contribution is 6.46. The molecular formula is C29H29NO5. The summed E-state index contributed by atoms with van der Waals surface area (Å²) in [6.07, 6.45) is 1.92. The first kappa shape index (κ1) is 24.1. The van der Waals surface area contributed by atoms with Gasteiger partial charge in [-0.2, -0.15) is 0 Å². The van der Waals surface area contributed by atoms with Crippen LogP contribution in [0.4, 0.5) is 0 Å². The van der Waals surface area contributed by atoms with Crippen LogP contribution in [0.3, 0.4) is 0 Å². The number of carbonyl (C=O) groups is 2.